The highest BCUT2D eigenvalue weighted by molar-refractivity contribution is 6.27. The van der Waals surface area contributed by atoms with Gasteiger partial charge in [-0.25, -0.2) is 4.79 Å². The number of methoxy groups -OCH3 is 3. The van der Waals surface area contributed by atoms with Gasteiger partial charge in [-0.1, -0.05) is 12.1 Å². The quantitative estimate of drug-likeness (QED) is 0.768. The van der Waals surface area contributed by atoms with Crippen LogP contribution in [-0.4, -0.2) is 33.1 Å². The molecule has 2 aromatic rings. The van der Waals surface area contributed by atoms with Crippen molar-refractivity contribution in [2.24, 2.45) is 0 Å². The Labute approximate surface area is 155 Å². The van der Waals surface area contributed by atoms with E-state index in [9.17, 15) is 9.59 Å². The summed E-state index contributed by atoms with van der Waals surface area (Å²) in [6.45, 7) is 0. The number of Topliss-reactive ketones (excluding diaryl/α,β-unsaturated/α-hetero) is 1. The van der Waals surface area contributed by atoms with Crippen LogP contribution >= 0.6 is 0 Å². The predicted molar refractivity (Wildman–Crippen MR) is 93.7 cm³/mol. The van der Waals surface area contributed by atoms with Gasteiger partial charge in [-0.3, -0.25) is 4.79 Å². The molecule has 2 aliphatic heterocycles. The number of carbonyl (C=O) groups excluding carboxylic acids is 2. The van der Waals surface area contributed by atoms with Gasteiger partial charge < -0.3 is 23.7 Å². The van der Waals surface area contributed by atoms with Crippen LogP contribution in [0.2, 0.25) is 0 Å². The standard InChI is InChI=1S/C20H16O7/c1-23-15-9-17(25-3)16(24-2)8-12(15)13-10-26-20(18(13)21)14-7-5-4-6-11(14)19(22)27-20/h4-10H,1-3H3. The zero-order valence-corrected chi connectivity index (χ0v) is 14.9. The number of carbonyl (C=O) groups is 2. The first-order valence-electron chi connectivity index (χ1n) is 8.11. The zero-order chi connectivity index (χ0) is 19.2. The smallest absolute Gasteiger partial charge is 0.347 e. The minimum absolute atomic E-state index is 0.206. The fourth-order valence-electron chi connectivity index (χ4n) is 3.30. The minimum atomic E-state index is -1.80. The summed E-state index contributed by atoms with van der Waals surface area (Å²) < 4.78 is 27.0. The summed E-state index contributed by atoms with van der Waals surface area (Å²) in [6.07, 6.45) is 1.28. The van der Waals surface area contributed by atoms with E-state index in [1.54, 1.807) is 36.4 Å². The van der Waals surface area contributed by atoms with Crippen LogP contribution < -0.4 is 14.2 Å². The molecule has 0 amide bonds. The number of fused-ring (bicyclic) bond motifs is 2. The Balaban J connectivity index is 1.81. The van der Waals surface area contributed by atoms with Crippen LogP contribution in [0.4, 0.5) is 0 Å². The first-order valence-corrected chi connectivity index (χ1v) is 8.11. The van der Waals surface area contributed by atoms with Gasteiger partial charge in [0.15, 0.2) is 11.5 Å². The first kappa shape index (κ1) is 17.0. The van der Waals surface area contributed by atoms with Gasteiger partial charge in [-0.05, 0) is 18.2 Å². The summed E-state index contributed by atoms with van der Waals surface area (Å²) in [7, 11) is 4.47. The fourth-order valence-corrected chi connectivity index (χ4v) is 3.30. The van der Waals surface area contributed by atoms with Gasteiger partial charge in [-0.2, -0.15) is 0 Å². The third-order valence-electron chi connectivity index (χ3n) is 4.62. The number of esters is 1. The summed E-state index contributed by atoms with van der Waals surface area (Å²) in [5.41, 5.74) is 1.33. The average Bonchev–Trinajstić information content (AvgIpc) is 3.18. The minimum Gasteiger partial charge on any atom is -0.496 e. The largest absolute Gasteiger partial charge is 0.496 e. The molecule has 0 fully saturated rings. The molecule has 1 atom stereocenters. The summed E-state index contributed by atoms with van der Waals surface area (Å²) in [4.78, 5) is 25.4. The zero-order valence-electron chi connectivity index (χ0n) is 14.9. The molecule has 2 heterocycles. The number of benzene rings is 2. The molecule has 1 unspecified atom stereocenters. The molecule has 0 N–H and O–H groups in total. The van der Waals surface area contributed by atoms with E-state index in [1.807, 2.05) is 0 Å². The van der Waals surface area contributed by atoms with Crippen LogP contribution in [0.25, 0.3) is 5.57 Å². The molecule has 4 rings (SSSR count). The van der Waals surface area contributed by atoms with E-state index in [1.165, 1.54) is 27.6 Å². The Morgan fingerprint density at radius 1 is 0.852 bits per heavy atom. The molecule has 1 spiro atoms. The second-order valence-corrected chi connectivity index (χ2v) is 5.94. The topological polar surface area (TPSA) is 80.3 Å². The average molecular weight is 368 g/mol. The molecule has 7 nitrogen and oxygen atoms in total. The van der Waals surface area contributed by atoms with Crippen molar-refractivity contribution < 1.29 is 33.3 Å². The number of ketones is 1. The van der Waals surface area contributed by atoms with Gasteiger partial charge in [0, 0.05) is 11.6 Å². The van der Waals surface area contributed by atoms with Gasteiger partial charge in [0.05, 0.1) is 38.0 Å². The lowest BCUT2D eigenvalue weighted by molar-refractivity contribution is -0.173. The number of hydrogen-bond donors (Lipinski definition) is 0. The Morgan fingerprint density at radius 2 is 1.52 bits per heavy atom. The number of ether oxygens (including phenoxy) is 5. The van der Waals surface area contributed by atoms with Gasteiger partial charge in [0.2, 0.25) is 0 Å². The van der Waals surface area contributed by atoms with E-state index < -0.39 is 17.5 Å². The van der Waals surface area contributed by atoms with Crippen LogP contribution in [-0.2, 0) is 20.1 Å². The van der Waals surface area contributed by atoms with E-state index in [0.717, 1.165) is 0 Å². The molecule has 0 saturated carbocycles. The maximum Gasteiger partial charge on any atom is 0.347 e. The molecule has 7 heteroatoms. The van der Waals surface area contributed by atoms with Crippen LogP contribution in [0, 0.1) is 0 Å². The van der Waals surface area contributed by atoms with Crippen molar-refractivity contribution in [3.8, 4) is 17.2 Å². The Morgan fingerprint density at radius 3 is 2.22 bits per heavy atom. The molecule has 0 aromatic heterocycles. The predicted octanol–water partition coefficient (Wildman–Crippen LogP) is 2.68. The van der Waals surface area contributed by atoms with Crippen molar-refractivity contribution in [1.82, 2.24) is 0 Å². The van der Waals surface area contributed by atoms with Crippen LogP contribution in [0.3, 0.4) is 0 Å². The maximum atomic E-state index is 13.3. The number of rotatable bonds is 4. The highest BCUT2D eigenvalue weighted by Crippen LogP contribution is 2.48. The second kappa shape index (κ2) is 6.05. The molecular weight excluding hydrogens is 352 g/mol. The molecule has 27 heavy (non-hydrogen) atoms. The van der Waals surface area contributed by atoms with Crippen molar-refractivity contribution >= 4 is 17.3 Å². The van der Waals surface area contributed by atoms with E-state index in [-0.39, 0.29) is 5.57 Å². The van der Waals surface area contributed by atoms with Crippen molar-refractivity contribution in [1.29, 1.82) is 0 Å². The fraction of sp³-hybridized carbons (Fsp3) is 0.200. The highest BCUT2D eigenvalue weighted by atomic mass is 16.7. The lowest BCUT2D eigenvalue weighted by atomic mass is 9.93. The highest BCUT2D eigenvalue weighted by Gasteiger charge is 2.58. The molecule has 138 valence electrons. The van der Waals surface area contributed by atoms with Crippen molar-refractivity contribution in [3.63, 3.8) is 0 Å². The molecule has 0 bridgehead atoms. The van der Waals surface area contributed by atoms with E-state index >= 15 is 0 Å². The van der Waals surface area contributed by atoms with Crippen LogP contribution in [0.5, 0.6) is 17.2 Å². The number of hydrogen-bond acceptors (Lipinski definition) is 7. The Bertz CT molecular complexity index is 992. The molecule has 0 aliphatic carbocycles. The lowest BCUT2D eigenvalue weighted by Gasteiger charge is -2.21. The first-order chi connectivity index (χ1) is 13.1. The van der Waals surface area contributed by atoms with Crippen molar-refractivity contribution in [2.75, 3.05) is 21.3 Å². The van der Waals surface area contributed by atoms with E-state index in [2.05, 4.69) is 0 Å². The maximum absolute atomic E-state index is 13.3. The van der Waals surface area contributed by atoms with Crippen molar-refractivity contribution in [3.05, 3.63) is 59.4 Å². The van der Waals surface area contributed by atoms with Crippen LogP contribution in [0.1, 0.15) is 21.5 Å². The van der Waals surface area contributed by atoms with Crippen LogP contribution in [0.15, 0.2) is 42.7 Å². The third-order valence-corrected chi connectivity index (χ3v) is 4.62. The van der Waals surface area contributed by atoms with Gasteiger partial charge in [0.1, 0.15) is 12.0 Å². The summed E-state index contributed by atoms with van der Waals surface area (Å²) >= 11 is 0. The summed E-state index contributed by atoms with van der Waals surface area (Å²) in [5.74, 6) is -1.63. The third kappa shape index (κ3) is 2.28. The molecule has 2 aliphatic rings. The Kier molecular flexibility index (Phi) is 3.80. The van der Waals surface area contributed by atoms with Gasteiger partial charge in [0.25, 0.3) is 5.78 Å². The SMILES string of the molecule is COc1cc(OC)c(C2=COC3(OC(=O)c4ccccc43)C2=O)cc1OC. The monoisotopic (exact) mass is 368 g/mol. The molecule has 0 saturated heterocycles. The lowest BCUT2D eigenvalue weighted by Crippen LogP contribution is -2.34. The second-order valence-electron chi connectivity index (χ2n) is 5.94. The summed E-state index contributed by atoms with van der Waals surface area (Å²) in [5, 5.41) is 0. The van der Waals surface area contributed by atoms with Crippen molar-refractivity contribution in [2.45, 2.75) is 5.79 Å². The molecule has 2 aromatic carbocycles. The molecule has 0 radical (unpaired) electrons. The van der Waals surface area contributed by atoms with E-state index in [4.69, 9.17) is 23.7 Å². The Hall–Kier alpha value is -3.48. The van der Waals surface area contributed by atoms with Gasteiger partial charge in [-0.15, -0.1) is 0 Å². The van der Waals surface area contributed by atoms with Gasteiger partial charge >= 0.3 is 11.8 Å². The summed E-state index contributed by atoms with van der Waals surface area (Å²) in [6, 6.07) is 9.88. The normalized spacial score (nSPS) is 20.0. The van der Waals surface area contributed by atoms with E-state index in [0.29, 0.717) is 33.9 Å². The molecular formula is C20H16O7.